The molecule has 1 aromatic carbocycles. The fourth-order valence-electron chi connectivity index (χ4n) is 1.67. The Hall–Kier alpha value is -1.07. The molecule has 0 aromatic heterocycles. The summed E-state index contributed by atoms with van der Waals surface area (Å²) in [5.41, 5.74) is -0.528. The van der Waals surface area contributed by atoms with E-state index in [0.29, 0.717) is 10.5 Å². The number of amides is 1. The Balaban J connectivity index is 2.90. The van der Waals surface area contributed by atoms with Crippen molar-refractivity contribution in [3.63, 3.8) is 0 Å². The summed E-state index contributed by atoms with van der Waals surface area (Å²) in [5, 5.41) is 9.67. The summed E-state index contributed by atoms with van der Waals surface area (Å²) in [5.74, 6) is -0.559. The van der Waals surface area contributed by atoms with Gasteiger partial charge in [0, 0.05) is 24.1 Å². The third kappa shape index (κ3) is 3.99. The Morgan fingerprint density at radius 2 is 2.11 bits per heavy atom. The van der Waals surface area contributed by atoms with E-state index in [0.717, 1.165) is 0 Å². The molecule has 5 heteroatoms. The van der Waals surface area contributed by atoms with Gasteiger partial charge in [-0.3, -0.25) is 4.79 Å². The lowest BCUT2D eigenvalue weighted by atomic mass is 10.1. The zero-order chi connectivity index (χ0) is 13.9. The number of halogens is 1. The molecule has 1 amide bonds. The molecule has 0 atom stereocenters. The van der Waals surface area contributed by atoms with Crippen molar-refractivity contribution >= 4 is 17.7 Å². The quantitative estimate of drug-likeness (QED) is 0.855. The second-order valence-corrected chi connectivity index (χ2v) is 5.67. The summed E-state index contributed by atoms with van der Waals surface area (Å²) in [7, 11) is 1.61. The van der Waals surface area contributed by atoms with E-state index in [1.165, 1.54) is 34.9 Å². The number of rotatable bonds is 4. The minimum atomic E-state index is -0.952. The summed E-state index contributed by atoms with van der Waals surface area (Å²) < 4.78 is 13.3. The first kappa shape index (κ1) is 15.0. The molecule has 0 aliphatic carbocycles. The molecule has 0 aliphatic rings. The molecule has 0 bridgehead atoms. The van der Waals surface area contributed by atoms with Crippen LogP contribution in [0.2, 0.25) is 0 Å². The molecule has 18 heavy (non-hydrogen) atoms. The highest BCUT2D eigenvalue weighted by atomic mass is 32.2. The van der Waals surface area contributed by atoms with Gasteiger partial charge in [0.25, 0.3) is 5.91 Å². The molecular formula is C13H18FNO2S. The highest BCUT2D eigenvalue weighted by Crippen LogP contribution is 2.21. The van der Waals surface area contributed by atoms with Gasteiger partial charge in [-0.25, -0.2) is 4.39 Å². The SMILES string of the molecule is CSc1cc(C(=O)N(C)CC(C)(C)O)ccc1F. The van der Waals surface area contributed by atoms with Crippen molar-refractivity contribution in [1.82, 2.24) is 4.90 Å². The number of likely N-dealkylation sites (N-methyl/N-ethyl adjacent to an activating group) is 1. The Labute approximate surface area is 111 Å². The van der Waals surface area contributed by atoms with Gasteiger partial charge < -0.3 is 10.0 Å². The second-order valence-electron chi connectivity index (χ2n) is 4.82. The summed E-state index contributed by atoms with van der Waals surface area (Å²) in [6.07, 6.45) is 1.76. The average molecular weight is 271 g/mol. The summed E-state index contributed by atoms with van der Waals surface area (Å²) >= 11 is 1.26. The van der Waals surface area contributed by atoms with E-state index in [2.05, 4.69) is 0 Å². The van der Waals surface area contributed by atoms with Gasteiger partial charge in [-0.1, -0.05) is 0 Å². The number of nitrogens with zero attached hydrogens (tertiary/aromatic N) is 1. The Kier molecular flexibility index (Phi) is 4.76. The molecular weight excluding hydrogens is 253 g/mol. The molecule has 1 N–H and O–H groups in total. The van der Waals surface area contributed by atoms with Crippen molar-refractivity contribution in [2.75, 3.05) is 19.8 Å². The maximum Gasteiger partial charge on any atom is 0.253 e. The predicted molar refractivity (Wildman–Crippen MR) is 71.4 cm³/mol. The molecule has 3 nitrogen and oxygen atoms in total. The third-order valence-electron chi connectivity index (χ3n) is 2.37. The smallest absolute Gasteiger partial charge is 0.253 e. The maximum absolute atomic E-state index is 13.3. The zero-order valence-electron chi connectivity index (χ0n) is 11.0. The number of hydrogen-bond donors (Lipinski definition) is 1. The van der Waals surface area contributed by atoms with E-state index in [-0.39, 0.29) is 18.3 Å². The minimum Gasteiger partial charge on any atom is -0.389 e. The first-order chi connectivity index (χ1) is 8.24. The lowest BCUT2D eigenvalue weighted by molar-refractivity contribution is 0.0367. The van der Waals surface area contributed by atoms with E-state index in [4.69, 9.17) is 0 Å². The lowest BCUT2D eigenvalue weighted by Crippen LogP contribution is -2.39. The van der Waals surface area contributed by atoms with E-state index in [1.807, 2.05) is 0 Å². The fourth-order valence-corrected chi connectivity index (χ4v) is 2.17. The molecule has 0 fully saturated rings. The van der Waals surface area contributed by atoms with Crippen molar-refractivity contribution in [2.45, 2.75) is 24.3 Å². The van der Waals surface area contributed by atoms with E-state index in [9.17, 15) is 14.3 Å². The van der Waals surface area contributed by atoms with Crippen LogP contribution in [0.3, 0.4) is 0 Å². The molecule has 0 saturated carbocycles. The monoisotopic (exact) mass is 271 g/mol. The first-order valence-corrected chi connectivity index (χ1v) is 6.78. The van der Waals surface area contributed by atoms with Crippen LogP contribution >= 0.6 is 11.8 Å². The molecule has 0 heterocycles. The second kappa shape index (κ2) is 5.71. The van der Waals surface area contributed by atoms with Crippen LogP contribution in [0.4, 0.5) is 4.39 Å². The largest absolute Gasteiger partial charge is 0.389 e. The molecule has 0 saturated heterocycles. The van der Waals surface area contributed by atoms with Gasteiger partial charge in [0.1, 0.15) is 5.82 Å². The molecule has 1 aromatic rings. The van der Waals surface area contributed by atoms with E-state index >= 15 is 0 Å². The maximum atomic E-state index is 13.3. The Bertz CT molecular complexity index is 443. The summed E-state index contributed by atoms with van der Waals surface area (Å²) in [6.45, 7) is 3.49. The first-order valence-electron chi connectivity index (χ1n) is 5.56. The van der Waals surface area contributed by atoms with Crippen LogP contribution in [-0.2, 0) is 0 Å². The van der Waals surface area contributed by atoms with Gasteiger partial charge in [-0.15, -0.1) is 11.8 Å². The third-order valence-corrected chi connectivity index (χ3v) is 3.12. The molecule has 0 unspecified atom stereocenters. The number of hydrogen-bond acceptors (Lipinski definition) is 3. The van der Waals surface area contributed by atoms with Gasteiger partial charge in [0.2, 0.25) is 0 Å². The van der Waals surface area contributed by atoms with Crippen molar-refractivity contribution in [3.8, 4) is 0 Å². The van der Waals surface area contributed by atoms with Crippen molar-refractivity contribution in [1.29, 1.82) is 0 Å². The molecule has 0 aliphatic heterocycles. The zero-order valence-corrected chi connectivity index (χ0v) is 11.8. The average Bonchev–Trinajstić information content (AvgIpc) is 2.26. The number of benzene rings is 1. The van der Waals surface area contributed by atoms with Crippen LogP contribution in [0.1, 0.15) is 24.2 Å². The summed E-state index contributed by atoms with van der Waals surface area (Å²) in [4.78, 5) is 14.0. The van der Waals surface area contributed by atoms with Gasteiger partial charge in [-0.2, -0.15) is 0 Å². The number of thioether (sulfide) groups is 1. The number of carbonyl (C=O) groups excluding carboxylic acids is 1. The molecule has 0 radical (unpaired) electrons. The lowest BCUT2D eigenvalue weighted by Gasteiger charge is -2.25. The minimum absolute atomic E-state index is 0.220. The fraction of sp³-hybridized carbons (Fsp3) is 0.462. The van der Waals surface area contributed by atoms with Crippen LogP contribution in [0, 0.1) is 5.82 Å². The van der Waals surface area contributed by atoms with Crippen LogP contribution in [0.25, 0.3) is 0 Å². The van der Waals surface area contributed by atoms with Gasteiger partial charge in [-0.05, 0) is 38.3 Å². The Morgan fingerprint density at radius 1 is 1.50 bits per heavy atom. The molecule has 1 rings (SSSR count). The van der Waals surface area contributed by atoms with Crippen LogP contribution in [-0.4, -0.2) is 41.4 Å². The van der Waals surface area contributed by atoms with E-state index < -0.39 is 5.60 Å². The normalized spacial score (nSPS) is 11.4. The van der Waals surface area contributed by atoms with Crippen LogP contribution in [0.5, 0.6) is 0 Å². The van der Waals surface area contributed by atoms with Crippen molar-refractivity contribution in [3.05, 3.63) is 29.6 Å². The molecule has 100 valence electrons. The summed E-state index contributed by atoms with van der Waals surface area (Å²) in [6, 6.07) is 4.28. The van der Waals surface area contributed by atoms with Crippen molar-refractivity contribution in [2.24, 2.45) is 0 Å². The Morgan fingerprint density at radius 3 is 2.61 bits per heavy atom. The highest BCUT2D eigenvalue weighted by Gasteiger charge is 2.20. The number of aliphatic hydroxyl groups is 1. The van der Waals surface area contributed by atoms with E-state index in [1.54, 1.807) is 27.2 Å². The standard InChI is InChI=1S/C13H18FNO2S/c1-13(2,17)8-15(3)12(16)9-5-6-10(14)11(7-9)18-4/h5-7,17H,8H2,1-4H3. The van der Waals surface area contributed by atoms with Gasteiger partial charge in [0.15, 0.2) is 0 Å². The number of carbonyl (C=O) groups is 1. The predicted octanol–water partition coefficient (Wildman–Crippen LogP) is 2.39. The van der Waals surface area contributed by atoms with Crippen molar-refractivity contribution < 1.29 is 14.3 Å². The highest BCUT2D eigenvalue weighted by molar-refractivity contribution is 7.98. The van der Waals surface area contributed by atoms with Crippen LogP contribution < -0.4 is 0 Å². The molecule has 0 spiro atoms. The topological polar surface area (TPSA) is 40.5 Å². The van der Waals surface area contributed by atoms with Gasteiger partial charge >= 0.3 is 0 Å². The van der Waals surface area contributed by atoms with Gasteiger partial charge in [0.05, 0.1) is 5.60 Å². The van der Waals surface area contributed by atoms with Crippen LogP contribution in [0.15, 0.2) is 23.1 Å².